The van der Waals surface area contributed by atoms with Crippen LogP contribution in [0.15, 0.2) is 47.4 Å². The molecule has 1 aliphatic carbocycles. The molecule has 156 valence electrons. The number of hydrogen-bond donors (Lipinski definition) is 2. The first-order valence-electron chi connectivity index (χ1n) is 9.70. The molecule has 1 aliphatic rings. The number of carbonyl (C=O) groups excluding carboxylic acids is 1. The third kappa shape index (κ3) is 6.44. The van der Waals surface area contributed by atoms with Crippen molar-refractivity contribution in [3.63, 3.8) is 0 Å². The molecule has 0 aliphatic heterocycles. The molecule has 2 aromatic rings. The van der Waals surface area contributed by atoms with Gasteiger partial charge in [0.05, 0.1) is 15.6 Å². The van der Waals surface area contributed by atoms with Gasteiger partial charge in [0.1, 0.15) is 0 Å². The number of carbonyl (C=O) groups is 1. The van der Waals surface area contributed by atoms with Crippen LogP contribution in [0.25, 0.3) is 0 Å². The smallest absolute Gasteiger partial charge is 0.240 e. The molecular formula is C21H24Cl2N2O3S. The Hall–Kier alpha value is -1.60. The number of benzene rings is 2. The highest BCUT2D eigenvalue weighted by molar-refractivity contribution is 7.89. The van der Waals surface area contributed by atoms with Crippen LogP contribution < -0.4 is 10.0 Å². The molecule has 3 rings (SSSR count). The van der Waals surface area contributed by atoms with Crippen LogP contribution in [0.5, 0.6) is 0 Å². The zero-order valence-corrected chi connectivity index (χ0v) is 18.3. The Morgan fingerprint density at radius 3 is 2.34 bits per heavy atom. The number of hydrogen-bond acceptors (Lipinski definition) is 3. The number of halogens is 2. The summed E-state index contributed by atoms with van der Waals surface area (Å²) < 4.78 is 27.9. The van der Waals surface area contributed by atoms with Crippen LogP contribution in [0.2, 0.25) is 10.0 Å². The predicted octanol–water partition coefficient (Wildman–Crippen LogP) is 5.18. The van der Waals surface area contributed by atoms with Crippen molar-refractivity contribution in [2.45, 2.75) is 55.9 Å². The van der Waals surface area contributed by atoms with Crippen molar-refractivity contribution in [3.8, 4) is 0 Å². The lowest BCUT2D eigenvalue weighted by Gasteiger charge is -2.22. The first-order valence-corrected chi connectivity index (χ1v) is 11.9. The van der Waals surface area contributed by atoms with Crippen LogP contribution in [-0.4, -0.2) is 20.4 Å². The van der Waals surface area contributed by atoms with Gasteiger partial charge in [-0.05, 0) is 55.2 Å². The van der Waals surface area contributed by atoms with E-state index in [2.05, 4.69) is 10.0 Å². The van der Waals surface area contributed by atoms with Gasteiger partial charge < -0.3 is 5.32 Å². The van der Waals surface area contributed by atoms with Crippen LogP contribution in [0.3, 0.4) is 0 Å². The molecule has 0 unspecified atom stereocenters. The van der Waals surface area contributed by atoms with Gasteiger partial charge in [0.25, 0.3) is 0 Å². The minimum absolute atomic E-state index is 0.0248. The van der Waals surface area contributed by atoms with Gasteiger partial charge in [-0.25, -0.2) is 13.1 Å². The molecule has 5 nitrogen and oxygen atoms in total. The van der Waals surface area contributed by atoms with Crippen molar-refractivity contribution in [1.82, 2.24) is 4.72 Å². The van der Waals surface area contributed by atoms with Gasteiger partial charge in [-0.2, -0.15) is 0 Å². The Morgan fingerprint density at radius 1 is 1.00 bits per heavy atom. The van der Waals surface area contributed by atoms with Gasteiger partial charge in [-0.15, -0.1) is 0 Å². The molecule has 0 spiro atoms. The molecule has 1 saturated carbocycles. The maximum absolute atomic E-state index is 12.5. The van der Waals surface area contributed by atoms with Crippen LogP contribution in [0.1, 0.15) is 44.1 Å². The Kier molecular flexibility index (Phi) is 7.57. The number of anilines is 1. The van der Waals surface area contributed by atoms with E-state index in [0.29, 0.717) is 22.2 Å². The maximum atomic E-state index is 12.5. The van der Waals surface area contributed by atoms with Gasteiger partial charge in [-0.3, -0.25) is 4.79 Å². The second-order valence-corrected chi connectivity index (χ2v) is 9.83. The summed E-state index contributed by atoms with van der Waals surface area (Å²) in [5.41, 5.74) is 1.40. The van der Waals surface area contributed by atoms with Crippen molar-refractivity contribution in [1.29, 1.82) is 0 Å². The molecule has 1 amide bonds. The summed E-state index contributed by atoms with van der Waals surface area (Å²) in [6.45, 7) is 0. The topological polar surface area (TPSA) is 75.3 Å². The number of aryl methyl sites for hydroxylation is 1. The van der Waals surface area contributed by atoms with E-state index in [0.717, 1.165) is 31.2 Å². The highest BCUT2D eigenvalue weighted by atomic mass is 35.5. The van der Waals surface area contributed by atoms with Gasteiger partial charge in [0, 0.05) is 17.5 Å². The fraction of sp³-hybridized carbons (Fsp3) is 0.381. The molecule has 8 heteroatoms. The second-order valence-electron chi connectivity index (χ2n) is 7.27. The summed E-state index contributed by atoms with van der Waals surface area (Å²) in [6, 6.07) is 11.6. The van der Waals surface area contributed by atoms with Crippen LogP contribution in [0.4, 0.5) is 5.69 Å². The third-order valence-corrected chi connectivity index (χ3v) is 7.09. The van der Waals surface area contributed by atoms with Crippen molar-refractivity contribution < 1.29 is 13.2 Å². The summed E-state index contributed by atoms with van der Waals surface area (Å²) in [4.78, 5) is 12.4. The molecule has 1 fully saturated rings. The summed E-state index contributed by atoms with van der Waals surface area (Å²) in [5.74, 6) is -0.176. The highest BCUT2D eigenvalue weighted by Crippen LogP contribution is 2.25. The van der Waals surface area contributed by atoms with E-state index >= 15 is 0 Å². The van der Waals surface area contributed by atoms with E-state index in [1.54, 1.807) is 42.5 Å². The van der Waals surface area contributed by atoms with Crippen molar-refractivity contribution >= 4 is 44.8 Å². The number of rotatable bonds is 7. The van der Waals surface area contributed by atoms with Gasteiger partial charge >= 0.3 is 0 Å². The molecule has 0 saturated heterocycles. The quantitative estimate of drug-likeness (QED) is 0.605. The number of amides is 1. The fourth-order valence-electron chi connectivity index (χ4n) is 3.40. The minimum Gasteiger partial charge on any atom is -0.325 e. The lowest BCUT2D eigenvalue weighted by molar-refractivity contribution is -0.116. The molecule has 0 aromatic heterocycles. The van der Waals surface area contributed by atoms with E-state index in [-0.39, 0.29) is 23.3 Å². The van der Waals surface area contributed by atoms with Crippen LogP contribution >= 0.6 is 23.2 Å². The van der Waals surface area contributed by atoms with E-state index in [1.807, 2.05) is 0 Å². The van der Waals surface area contributed by atoms with Crippen molar-refractivity contribution in [2.24, 2.45) is 0 Å². The summed E-state index contributed by atoms with van der Waals surface area (Å²) in [7, 11) is -3.51. The molecule has 0 bridgehead atoms. The molecule has 0 radical (unpaired) electrons. The SMILES string of the molecule is O=C(CCc1ccc(S(=O)(=O)NC2CCCCC2)cc1)Nc1ccc(Cl)cc1Cl. The first kappa shape index (κ1) is 22.1. The van der Waals surface area contributed by atoms with E-state index in [1.165, 1.54) is 6.42 Å². The maximum Gasteiger partial charge on any atom is 0.240 e. The average molecular weight is 455 g/mol. The standard InChI is InChI=1S/C21H24Cl2N2O3S/c22-16-9-12-20(19(23)14-16)24-21(26)13-8-15-6-10-18(11-7-15)29(27,28)25-17-4-2-1-3-5-17/h6-7,9-12,14,17,25H,1-5,8,13H2,(H,24,26). The molecule has 2 aromatic carbocycles. The largest absolute Gasteiger partial charge is 0.325 e. The summed E-state index contributed by atoms with van der Waals surface area (Å²) in [6.07, 6.45) is 5.84. The molecule has 0 heterocycles. The van der Waals surface area contributed by atoms with E-state index < -0.39 is 10.0 Å². The highest BCUT2D eigenvalue weighted by Gasteiger charge is 2.21. The number of sulfonamides is 1. The normalized spacial score (nSPS) is 15.2. The molecule has 29 heavy (non-hydrogen) atoms. The Morgan fingerprint density at radius 2 is 1.69 bits per heavy atom. The second kappa shape index (κ2) is 9.94. The molecular weight excluding hydrogens is 431 g/mol. The molecule has 0 atom stereocenters. The van der Waals surface area contributed by atoms with Gasteiger partial charge in [-0.1, -0.05) is 54.6 Å². The zero-order chi connectivity index (χ0) is 20.9. The van der Waals surface area contributed by atoms with Gasteiger partial charge in [0.2, 0.25) is 15.9 Å². The number of nitrogens with one attached hydrogen (secondary N) is 2. The van der Waals surface area contributed by atoms with Crippen LogP contribution in [0, 0.1) is 0 Å². The van der Waals surface area contributed by atoms with Crippen molar-refractivity contribution in [3.05, 3.63) is 58.1 Å². The Balaban J connectivity index is 1.53. The van der Waals surface area contributed by atoms with E-state index in [4.69, 9.17) is 23.2 Å². The monoisotopic (exact) mass is 454 g/mol. The summed E-state index contributed by atoms with van der Waals surface area (Å²) in [5, 5.41) is 3.63. The fourth-order valence-corrected chi connectivity index (χ4v) is 5.17. The van der Waals surface area contributed by atoms with Crippen LogP contribution in [-0.2, 0) is 21.2 Å². The minimum atomic E-state index is -3.51. The van der Waals surface area contributed by atoms with Gasteiger partial charge in [0.15, 0.2) is 0 Å². The zero-order valence-electron chi connectivity index (χ0n) is 16.0. The predicted molar refractivity (Wildman–Crippen MR) is 117 cm³/mol. The van der Waals surface area contributed by atoms with Crippen molar-refractivity contribution in [2.75, 3.05) is 5.32 Å². The summed E-state index contributed by atoms with van der Waals surface area (Å²) >= 11 is 11.9. The Bertz CT molecular complexity index is 956. The lowest BCUT2D eigenvalue weighted by Crippen LogP contribution is -2.36. The lowest BCUT2D eigenvalue weighted by atomic mass is 9.96. The first-order chi connectivity index (χ1) is 13.8. The Labute approximate surface area is 181 Å². The van der Waals surface area contributed by atoms with E-state index in [9.17, 15) is 13.2 Å². The molecule has 2 N–H and O–H groups in total. The average Bonchev–Trinajstić information content (AvgIpc) is 2.69. The third-order valence-electron chi connectivity index (χ3n) is 5.01.